The van der Waals surface area contributed by atoms with E-state index in [1.807, 2.05) is 12.1 Å². The minimum atomic E-state index is 0.901. The molecule has 10 rings (SSSR count). The van der Waals surface area contributed by atoms with Crippen LogP contribution in [0.5, 0.6) is 0 Å². The van der Waals surface area contributed by atoms with Crippen molar-refractivity contribution < 1.29 is 4.42 Å². The molecular formula is C52H35NO. The van der Waals surface area contributed by atoms with Crippen LogP contribution in [0.3, 0.4) is 0 Å². The van der Waals surface area contributed by atoms with Crippen LogP contribution in [0.2, 0.25) is 0 Å². The molecule has 0 aliphatic carbocycles. The number of hydrogen-bond acceptors (Lipinski definition) is 2. The van der Waals surface area contributed by atoms with Crippen LogP contribution in [0.4, 0.5) is 17.1 Å². The van der Waals surface area contributed by atoms with Crippen LogP contribution in [0.25, 0.3) is 77.2 Å². The van der Waals surface area contributed by atoms with Gasteiger partial charge < -0.3 is 9.32 Å². The van der Waals surface area contributed by atoms with Gasteiger partial charge in [0, 0.05) is 27.8 Å². The lowest BCUT2D eigenvalue weighted by atomic mass is 9.97. The second kappa shape index (κ2) is 13.4. The molecule has 1 aromatic heterocycles. The molecule has 0 fully saturated rings. The van der Waals surface area contributed by atoms with E-state index in [0.29, 0.717) is 0 Å². The molecule has 0 aliphatic heterocycles. The van der Waals surface area contributed by atoms with Crippen molar-refractivity contribution in [3.63, 3.8) is 0 Å². The smallest absolute Gasteiger partial charge is 0.135 e. The van der Waals surface area contributed by atoms with Crippen LogP contribution in [0.1, 0.15) is 0 Å². The topological polar surface area (TPSA) is 16.4 Å². The Balaban J connectivity index is 1.06. The molecule has 0 saturated heterocycles. The molecule has 54 heavy (non-hydrogen) atoms. The quantitative estimate of drug-likeness (QED) is 0.166. The molecule has 0 atom stereocenters. The Morgan fingerprint density at radius 2 is 0.796 bits per heavy atom. The van der Waals surface area contributed by atoms with Crippen molar-refractivity contribution in [1.82, 2.24) is 0 Å². The Morgan fingerprint density at radius 1 is 0.278 bits per heavy atom. The molecule has 254 valence electrons. The van der Waals surface area contributed by atoms with Gasteiger partial charge >= 0.3 is 0 Å². The number of fused-ring (bicyclic) bond motifs is 4. The molecule has 0 amide bonds. The van der Waals surface area contributed by atoms with Gasteiger partial charge in [-0.25, -0.2) is 0 Å². The standard InChI is InChI=1S/C52H35NO/c1-2-11-36(12-3-1)40-15-8-16-41(33-40)37-23-28-44(29-24-37)53(45-30-25-39(26-31-45)48-21-10-14-38-13-4-5-19-47(38)48)46-18-9-17-42(34-46)43-27-32-52-50(35-43)49-20-6-7-22-51(49)54-52/h1-35H. The van der Waals surface area contributed by atoms with E-state index in [2.05, 4.69) is 205 Å². The first kappa shape index (κ1) is 31.6. The number of furan rings is 1. The van der Waals surface area contributed by atoms with Gasteiger partial charge in [0.15, 0.2) is 0 Å². The lowest BCUT2D eigenvalue weighted by molar-refractivity contribution is 0.669. The molecule has 0 spiro atoms. The van der Waals surface area contributed by atoms with Gasteiger partial charge in [-0.15, -0.1) is 0 Å². The van der Waals surface area contributed by atoms with E-state index in [1.165, 1.54) is 44.2 Å². The van der Waals surface area contributed by atoms with Gasteiger partial charge in [0.1, 0.15) is 11.2 Å². The van der Waals surface area contributed by atoms with Crippen molar-refractivity contribution in [3.8, 4) is 44.5 Å². The average molecular weight is 690 g/mol. The zero-order chi connectivity index (χ0) is 35.8. The number of rotatable bonds is 7. The third kappa shape index (κ3) is 5.81. The summed E-state index contributed by atoms with van der Waals surface area (Å²) < 4.78 is 6.15. The van der Waals surface area contributed by atoms with E-state index >= 15 is 0 Å². The summed E-state index contributed by atoms with van der Waals surface area (Å²) in [6, 6.07) is 76.0. The zero-order valence-electron chi connectivity index (χ0n) is 29.6. The largest absolute Gasteiger partial charge is 0.456 e. The van der Waals surface area contributed by atoms with Gasteiger partial charge in [0.05, 0.1) is 0 Å². The van der Waals surface area contributed by atoms with E-state index < -0.39 is 0 Å². The second-order valence-electron chi connectivity index (χ2n) is 13.8. The molecule has 9 aromatic carbocycles. The van der Waals surface area contributed by atoms with Gasteiger partial charge in [-0.1, -0.05) is 152 Å². The summed E-state index contributed by atoms with van der Waals surface area (Å²) in [7, 11) is 0. The van der Waals surface area contributed by atoms with Gasteiger partial charge in [-0.05, 0) is 116 Å². The van der Waals surface area contributed by atoms with E-state index in [9.17, 15) is 0 Å². The highest BCUT2D eigenvalue weighted by molar-refractivity contribution is 6.06. The van der Waals surface area contributed by atoms with E-state index in [1.54, 1.807) is 0 Å². The number of benzene rings is 9. The first-order valence-electron chi connectivity index (χ1n) is 18.4. The maximum Gasteiger partial charge on any atom is 0.135 e. The first-order valence-corrected chi connectivity index (χ1v) is 18.4. The average Bonchev–Trinajstić information content (AvgIpc) is 3.63. The highest BCUT2D eigenvalue weighted by atomic mass is 16.3. The molecule has 0 aliphatic rings. The maximum absolute atomic E-state index is 6.15. The Bertz CT molecular complexity index is 2920. The van der Waals surface area contributed by atoms with Crippen LogP contribution >= 0.6 is 0 Å². The SMILES string of the molecule is c1ccc(-c2cccc(-c3ccc(N(c4ccc(-c5cccc6ccccc56)cc4)c4cccc(-c5ccc6oc7ccccc7c6c5)c4)cc3)c2)cc1. The monoisotopic (exact) mass is 689 g/mol. The molecule has 2 heteroatoms. The van der Waals surface area contributed by atoms with Crippen LogP contribution in [0, 0.1) is 0 Å². The normalized spacial score (nSPS) is 11.3. The van der Waals surface area contributed by atoms with Gasteiger partial charge in [-0.3, -0.25) is 0 Å². The van der Waals surface area contributed by atoms with Gasteiger partial charge in [-0.2, -0.15) is 0 Å². The summed E-state index contributed by atoms with van der Waals surface area (Å²) in [6.07, 6.45) is 0. The van der Waals surface area contributed by atoms with Crippen molar-refractivity contribution in [2.45, 2.75) is 0 Å². The lowest BCUT2D eigenvalue weighted by Crippen LogP contribution is -2.10. The predicted octanol–water partition coefficient (Wildman–Crippen LogP) is 14.9. The Hall–Kier alpha value is -7.16. The minimum absolute atomic E-state index is 0.901. The first-order chi connectivity index (χ1) is 26.7. The third-order valence-corrected chi connectivity index (χ3v) is 10.5. The number of hydrogen-bond donors (Lipinski definition) is 0. The van der Waals surface area contributed by atoms with Crippen molar-refractivity contribution in [2.75, 3.05) is 4.90 Å². The summed E-state index contributed by atoms with van der Waals surface area (Å²) in [4.78, 5) is 2.35. The van der Waals surface area contributed by atoms with Crippen LogP contribution in [-0.2, 0) is 0 Å². The fraction of sp³-hybridized carbons (Fsp3) is 0. The molecule has 0 radical (unpaired) electrons. The summed E-state index contributed by atoms with van der Waals surface area (Å²) in [5.74, 6) is 0. The third-order valence-electron chi connectivity index (χ3n) is 10.5. The maximum atomic E-state index is 6.15. The number of para-hydroxylation sites is 1. The molecule has 2 nitrogen and oxygen atoms in total. The minimum Gasteiger partial charge on any atom is -0.456 e. The lowest BCUT2D eigenvalue weighted by Gasteiger charge is -2.26. The summed E-state index contributed by atoms with van der Waals surface area (Å²) in [5, 5.41) is 4.76. The highest BCUT2D eigenvalue weighted by Gasteiger charge is 2.16. The van der Waals surface area contributed by atoms with Crippen molar-refractivity contribution in [1.29, 1.82) is 0 Å². The van der Waals surface area contributed by atoms with Crippen LogP contribution in [-0.4, -0.2) is 0 Å². The Kier molecular flexibility index (Phi) is 7.85. The molecule has 10 aromatic rings. The summed E-state index contributed by atoms with van der Waals surface area (Å²) in [5.41, 5.74) is 14.6. The van der Waals surface area contributed by atoms with Crippen LogP contribution < -0.4 is 4.90 Å². The van der Waals surface area contributed by atoms with Crippen molar-refractivity contribution >= 4 is 49.8 Å². The number of anilines is 3. The summed E-state index contributed by atoms with van der Waals surface area (Å²) in [6.45, 7) is 0. The van der Waals surface area contributed by atoms with E-state index in [0.717, 1.165) is 50.1 Å². The number of nitrogens with zero attached hydrogens (tertiary/aromatic N) is 1. The Morgan fingerprint density at radius 3 is 1.57 bits per heavy atom. The van der Waals surface area contributed by atoms with Crippen LogP contribution in [0.15, 0.2) is 217 Å². The molecule has 1 heterocycles. The molecule has 0 bridgehead atoms. The summed E-state index contributed by atoms with van der Waals surface area (Å²) >= 11 is 0. The van der Waals surface area contributed by atoms with Gasteiger partial charge in [0.25, 0.3) is 0 Å². The second-order valence-corrected chi connectivity index (χ2v) is 13.8. The van der Waals surface area contributed by atoms with Crippen molar-refractivity contribution in [3.05, 3.63) is 212 Å². The molecule has 0 saturated carbocycles. The fourth-order valence-electron chi connectivity index (χ4n) is 7.76. The molecule has 0 N–H and O–H groups in total. The van der Waals surface area contributed by atoms with Gasteiger partial charge in [0.2, 0.25) is 0 Å². The fourth-order valence-corrected chi connectivity index (χ4v) is 7.76. The zero-order valence-corrected chi connectivity index (χ0v) is 29.6. The highest BCUT2D eigenvalue weighted by Crippen LogP contribution is 2.40. The predicted molar refractivity (Wildman–Crippen MR) is 228 cm³/mol. The van der Waals surface area contributed by atoms with E-state index in [-0.39, 0.29) is 0 Å². The van der Waals surface area contributed by atoms with E-state index in [4.69, 9.17) is 4.42 Å². The molecular weight excluding hydrogens is 655 g/mol. The molecule has 0 unspecified atom stereocenters. The Labute approximate surface area is 314 Å². The van der Waals surface area contributed by atoms with Crippen molar-refractivity contribution in [2.24, 2.45) is 0 Å².